The van der Waals surface area contributed by atoms with Crippen LogP contribution in [-0.2, 0) is 11.3 Å². The van der Waals surface area contributed by atoms with Crippen LogP contribution in [0.25, 0.3) is 0 Å². The van der Waals surface area contributed by atoms with Gasteiger partial charge in [0.2, 0.25) is 11.8 Å². The molecule has 2 rings (SSSR count). The van der Waals surface area contributed by atoms with Gasteiger partial charge in [0.25, 0.3) is 0 Å². The summed E-state index contributed by atoms with van der Waals surface area (Å²) in [4.78, 5) is 4.14. The van der Waals surface area contributed by atoms with Gasteiger partial charge in [-0.05, 0) is 13.0 Å². The molecule has 0 radical (unpaired) electrons. The van der Waals surface area contributed by atoms with Crippen molar-refractivity contribution in [2.24, 2.45) is 0 Å². The summed E-state index contributed by atoms with van der Waals surface area (Å²) in [6.07, 6.45) is 1.64. The van der Waals surface area contributed by atoms with Gasteiger partial charge >= 0.3 is 6.01 Å². The summed E-state index contributed by atoms with van der Waals surface area (Å²) in [6, 6.07) is 3.93. The van der Waals surface area contributed by atoms with Gasteiger partial charge in [-0.2, -0.15) is 0 Å². The number of nitrogens with one attached hydrogen (secondary N) is 2. The lowest BCUT2D eigenvalue weighted by Crippen LogP contribution is -2.18. The lowest BCUT2D eigenvalue weighted by molar-refractivity contribution is 0.198. The van der Waals surface area contributed by atoms with E-state index in [9.17, 15) is 0 Å². The Balaban J connectivity index is 1.84. The first-order valence-electron chi connectivity index (χ1n) is 6.69. The summed E-state index contributed by atoms with van der Waals surface area (Å²) in [5.74, 6) is 1.09. The number of anilines is 2. The van der Waals surface area contributed by atoms with Gasteiger partial charge in [-0.1, -0.05) is 5.10 Å². The minimum absolute atomic E-state index is 0.324. The molecule has 2 N–H and O–H groups in total. The van der Waals surface area contributed by atoms with Gasteiger partial charge in [0, 0.05) is 19.7 Å². The third-order valence-corrected chi connectivity index (χ3v) is 2.51. The monoisotopic (exact) mass is 293 g/mol. The second kappa shape index (κ2) is 8.18. The molecule has 8 heteroatoms. The van der Waals surface area contributed by atoms with E-state index in [0.29, 0.717) is 37.5 Å². The first-order valence-corrected chi connectivity index (χ1v) is 6.69. The van der Waals surface area contributed by atoms with Crippen LogP contribution < -0.4 is 15.4 Å². The second-order valence-electron chi connectivity index (χ2n) is 4.11. The van der Waals surface area contributed by atoms with E-state index in [-0.39, 0.29) is 0 Å². The molecule has 0 bridgehead atoms. The first kappa shape index (κ1) is 15.2. The van der Waals surface area contributed by atoms with E-state index in [1.165, 1.54) is 0 Å². The average molecular weight is 293 g/mol. The molecule has 0 spiro atoms. The Labute approximate surface area is 122 Å². The van der Waals surface area contributed by atoms with Gasteiger partial charge in [-0.15, -0.1) is 5.10 Å². The number of hydrogen-bond donors (Lipinski definition) is 2. The van der Waals surface area contributed by atoms with Crippen molar-refractivity contribution in [2.45, 2.75) is 13.5 Å². The van der Waals surface area contributed by atoms with Gasteiger partial charge in [0.15, 0.2) is 0 Å². The van der Waals surface area contributed by atoms with Gasteiger partial charge in [-0.3, -0.25) is 0 Å². The van der Waals surface area contributed by atoms with Crippen LogP contribution in [0.4, 0.5) is 11.7 Å². The van der Waals surface area contributed by atoms with Gasteiger partial charge in [0.05, 0.1) is 31.6 Å². The Hall–Kier alpha value is -2.19. The van der Waals surface area contributed by atoms with Crippen LogP contribution >= 0.6 is 0 Å². The molecule has 0 saturated carbocycles. The summed E-state index contributed by atoms with van der Waals surface area (Å²) < 4.78 is 15.7. The Morgan fingerprint density at radius 2 is 2.19 bits per heavy atom. The lowest BCUT2D eigenvalue weighted by atomic mass is 10.4. The molecule has 0 fully saturated rings. The molecular weight excluding hydrogens is 274 g/mol. The Morgan fingerprint density at radius 1 is 1.29 bits per heavy atom. The summed E-state index contributed by atoms with van der Waals surface area (Å²) in [6.45, 7) is 4.36. The molecule has 21 heavy (non-hydrogen) atoms. The van der Waals surface area contributed by atoms with Crippen LogP contribution in [0.1, 0.15) is 12.8 Å². The molecule has 0 unspecified atom stereocenters. The van der Waals surface area contributed by atoms with E-state index in [4.69, 9.17) is 13.9 Å². The van der Waals surface area contributed by atoms with Crippen LogP contribution in [0.2, 0.25) is 0 Å². The summed E-state index contributed by atoms with van der Waals surface area (Å²) >= 11 is 0. The van der Waals surface area contributed by atoms with Crippen molar-refractivity contribution >= 4 is 11.7 Å². The molecule has 2 aromatic heterocycles. The largest absolute Gasteiger partial charge is 0.478 e. The zero-order valence-corrected chi connectivity index (χ0v) is 12.1. The highest BCUT2D eigenvalue weighted by molar-refractivity contribution is 5.50. The predicted octanol–water partition coefficient (Wildman–Crippen LogP) is 1.34. The first-order chi connectivity index (χ1) is 10.3. The number of hydrogen-bond acceptors (Lipinski definition) is 8. The van der Waals surface area contributed by atoms with E-state index in [0.717, 1.165) is 12.2 Å². The third kappa shape index (κ3) is 5.01. The molecule has 0 saturated heterocycles. The molecule has 0 aliphatic carbocycles. The minimum atomic E-state index is 0.324. The summed E-state index contributed by atoms with van der Waals surface area (Å²) in [5.41, 5.74) is 0.751. The summed E-state index contributed by atoms with van der Waals surface area (Å²) in [5, 5.41) is 13.9. The number of ether oxygens (including phenoxy) is 2. The van der Waals surface area contributed by atoms with Crippen molar-refractivity contribution < 1.29 is 13.9 Å². The van der Waals surface area contributed by atoms with Crippen molar-refractivity contribution in [1.29, 1.82) is 0 Å². The van der Waals surface area contributed by atoms with Crippen molar-refractivity contribution in [2.75, 3.05) is 32.2 Å². The van der Waals surface area contributed by atoms with Crippen molar-refractivity contribution in [3.05, 3.63) is 24.2 Å². The maximum Gasteiger partial charge on any atom is 0.320 e. The molecule has 8 nitrogen and oxygen atoms in total. The maximum absolute atomic E-state index is 5.45. The predicted molar refractivity (Wildman–Crippen MR) is 76.6 cm³/mol. The van der Waals surface area contributed by atoms with Crippen LogP contribution in [-0.4, -0.2) is 42.0 Å². The van der Waals surface area contributed by atoms with Gasteiger partial charge < -0.3 is 24.5 Å². The SMILES string of the molecule is CCOc1ccc(Nc2nnc(CNCCOC)o2)cn1. The Kier molecular flexibility index (Phi) is 5.92. The normalized spacial score (nSPS) is 10.6. The number of rotatable bonds is 9. The third-order valence-electron chi connectivity index (χ3n) is 2.51. The quantitative estimate of drug-likeness (QED) is 0.669. The van der Waals surface area contributed by atoms with Crippen molar-refractivity contribution in [3.8, 4) is 5.88 Å². The smallest absolute Gasteiger partial charge is 0.320 e. The van der Waals surface area contributed by atoms with E-state index in [2.05, 4.69) is 25.8 Å². The highest BCUT2D eigenvalue weighted by atomic mass is 16.5. The number of pyridine rings is 1. The highest BCUT2D eigenvalue weighted by Crippen LogP contribution is 2.16. The van der Waals surface area contributed by atoms with Crippen molar-refractivity contribution in [1.82, 2.24) is 20.5 Å². The zero-order chi connectivity index (χ0) is 14.9. The zero-order valence-electron chi connectivity index (χ0n) is 12.1. The second-order valence-corrected chi connectivity index (χ2v) is 4.11. The number of nitrogens with zero attached hydrogens (tertiary/aromatic N) is 3. The van der Waals surface area contributed by atoms with Gasteiger partial charge in [-0.25, -0.2) is 4.98 Å². The molecule has 2 aromatic rings. The van der Waals surface area contributed by atoms with Crippen LogP contribution in [0.15, 0.2) is 22.7 Å². The molecule has 0 amide bonds. The Morgan fingerprint density at radius 3 is 2.90 bits per heavy atom. The molecule has 0 aliphatic heterocycles. The van der Waals surface area contributed by atoms with E-state index < -0.39 is 0 Å². The molecular formula is C13H19N5O3. The minimum Gasteiger partial charge on any atom is -0.478 e. The number of methoxy groups -OCH3 is 1. The number of aromatic nitrogens is 3. The fourth-order valence-corrected chi connectivity index (χ4v) is 1.56. The van der Waals surface area contributed by atoms with E-state index >= 15 is 0 Å². The van der Waals surface area contributed by atoms with Gasteiger partial charge in [0.1, 0.15) is 0 Å². The fraction of sp³-hybridized carbons (Fsp3) is 0.462. The van der Waals surface area contributed by atoms with Crippen LogP contribution in [0.5, 0.6) is 5.88 Å². The van der Waals surface area contributed by atoms with Crippen LogP contribution in [0, 0.1) is 0 Å². The van der Waals surface area contributed by atoms with E-state index in [1.54, 1.807) is 19.4 Å². The molecule has 0 atom stereocenters. The molecule has 114 valence electrons. The highest BCUT2D eigenvalue weighted by Gasteiger charge is 2.06. The van der Waals surface area contributed by atoms with E-state index in [1.807, 2.05) is 13.0 Å². The lowest BCUT2D eigenvalue weighted by Gasteiger charge is -2.03. The molecule has 0 aliphatic rings. The van der Waals surface area contributed by atoms with Crippen LogP contribution in [0.3, 0.4) is 0 Å². The van der Waals surface area contributed by atoms with Crippen molar-refractivity contribution in [3.63, 3.8) is 0 Å². The average Bonchev–Trinajstić information content (AvgIpc) is 2.94. The standard InChI is InChI=1S/C13H19N5O3/c1-3-20-11-5-4-10(8-15-11)16-13-18-17-12(21-13)9-14-6-7-19-2/h4-5,8,14H,3,6-7,9H2,1-2H3,(H,16,18). The maximum atomic E-state index is 5.45. The Bertz CT molecular complexity index is 529. The molecule has 0 aromatic carbocycles. The topological polar surface area (TPSA) is 94.3 Å². The summed E-state index contributed by atoms with van der Waals surface area (Å²) in [7, 11) is 1.65. The fourth-order valence-electron chi connectivity index (χ4n) is 1.56. The molecule has 2 heterocycles.